The molecule has 4 nitrogen and oxygen atoms in total. The van der Waals surface area contributed by atoms with Crippen LogP contribution in [-0.4, -0.2) is 40.4 Å². The number of nitrogens with one attached hydrogen (secondary N) is 1. The number of hydrogen-bond acceptors (Lipinski definition) is 3. The molecule has 0 spiro atoms. The molecule has 3 atom stereocenters. The monoisotopic (exact) mass is 248 g/mol. The molecule has 100 valence electrons. The first-order valence-electron chi connectivity index (χ1n) is 7.13. The second-order valence-electron chi connectivity index (χ2n) is 5.87. The van der Waals surface area contributed by atoms with E-state index >= 15 is 0 Å². The van der Waals surface area contributed by atoms with E-state index in [1.807, 2.05) is 17.9 Å². The lowest BCUT2D eigenvalue weighted by Crippen LogP contribution is -2.34. The summed E-state index contributed by atoms with van der Waals surface area (Å²) in [7, 11) is 2.03. The van der Waals surface area contributed by atoms with Crippen LogP contribution >= 0.6 is 0 Å². The first kappa shape index (κ1) is 12.2. The molecule has 2 saturated heterocycles. The zero-order valence-corrected chi connectivity index (χ0v) is 11.7. The molecule has 0 radical (unpaired) electrons. The highest BCUT2D eigenvalue weighted by Gasteiger charge is 2.42. The normalized spacial score (nSPS) is 32.1. The van der Waals surface area contributed by atoms with Crippen LogP contribution < -0.4 is 5.32 Å². The van der Waals surface area contributed by atoms with Crippen LogP contribution in [0.1, 0.15) is 24.6 Å². The molecule has 0 amide bonds. The topological polar surface area (TPSA) is 33.1 Å². The third-order valence-electron chi connectivity index (χ3n) is 4.95. The largest absolute Gasteiger partial charge is 0.316 e. The van der Waals surface area contributed by atoms with Gasteiger partial charge in [0.1, 0.15) is 0 Å². The number of rotatable bonds is 3. The fourth-order valence-electron chi connectivity index (χ4n) is 3.77. The molecular weight excluding hydrogens is 224 g/mol. The molecule has 1 aromatic rings. The van der Waals surface area contributed by atoms with Crippen molar-refractivity contribution in [3.8, 4) is 0 Å². The molecule has 4 heteroatoms. The lowest BCUT2D eigenvalue weighted by molar-refractivity contribution is 0.210. The molecule has 0 aliphatic carbocycles. The van der Waals surface area contributed by atoms with E-state index < -0.39 is 0 Å². The predicted molar refractivity (Wildman–Crippen MR) is 72.3 cm³/mol. The molecule has 3 heterocycles. The smallest absolute Gasteiger partial charge is 0.0537 e. The minimum absolute atomic E-state index is 0.754. The second-order valence-corrected chi connectivity index (χ2v) is 5.87. The van der Waals surface area contributed by atoms with Gasteiger partial charge in [-0.25, -0.2) is 0 Å². The van der Waals surface area contributed by atoms with E-state index in [-0.39, 0.29) is 0 Å². The minimum Gasteiger partial charge on any atom is -0.316 e. The van der Waals surface area contributed by atoms with Crippen molar-refractivity contribution in [2.75, 3.05) is 19.6 Å². The Morgan fingerprint density at radius 3 is 2.94 bits per heavy atom. The summed E-state index contributed by atoms with van der Waals surface area (Å²) in [4.78, 5) is 2.68. The lowest BCUT2D eigenvalue weighted by atomic mass is 9.93. The van der Waals surface area contributed by atoms with E-state index in [0.29, 0.717) is 0 Å². The van der Waals surface area contributed by atoms with Gasteiger partial charge in [0.2, 0.25) is 0 Å². The summed E-state index contributed by atoms with van der Waals surface area (Å²) in [5, 5.41) is 7.90. The fourth-order valence-corrected chi connectivity index (χ4v) is 3.77. The average molecular weight is 248 g/mol. The number of aromatic nitrogens is 2. The third kappa shape index (κ3) is 1.88. The Kier molecular flexibility index (Phi) is 3.16. The maximum absolute atomic E-state index is 4.36. The average Bonchev–Trinajstić information content (AvgIpc) is 2.99. The van der Waals surface area contributed by atoms with Gasteiger partial charge in [-0.1, -0.05) is 6.92 Å². The van der Waals surface area contributed by atoms with Gasteiger partial charge >= 0.3 is 0 Å². The van der Waals surface area contributed by atoms with Gasteiger partial charge in [-0.2, -0.15) is 5.10 Å². The number of likely N-dealkylation sites (tertiary alicyclic amines) is 1. The van der Waals surface area contributed by atoms with Crippen LogP contribution in [0.25, 0.3) is 0 Å². The lowest BCUT2D eigenvalue weighted by Gasteiger charge is -2.26. The van der Waals surface area contributed by atoms with Crippen molar-refractivity contribution in [1.82, 2.24) is 20.0 Å². The highest BCUT2D eigenvalue weighted by Crippen LogP contribution is 2.35. The van der Waals surface area contributed by atoms with Crippen molar-refractivity contribution in [3.63, 3.8) is 0 Å². The molecule has 0 saturated carbocycles. The molecule has 1 aromatic heterocycles. The molecule has 3 unspecified atom stereocenters. The Bertz CT molecular complexity index is 425. The number of fused-ring (bicyclic) bond motifs is 1. The fraction of sp³-hybridized carbons (Fsp3) is 0.786. The van der Waals surface area contributed by atoms with Gasteiger partial charge in [-0.3, -0.25) is 9.58 Å². The summed E-state index contributed by atoms with van der Waals surface area (Å²) in [5.41, 5.74) is 2.70. The van der Waals surface area contributed by atoms with E-state index in [1.54, 1.807) is 0 Å². The van der Waals surface area contributed by atoms with Crippen molar-refractivity contribution in [2.24, 2.45) is 18.9 Å². The zero-order chi connectivity index (χ0) is 12.7. The van der Waals surface area contributed by atoms with Gasteiger partial charge < -0.3 is 5.32 Å². The van der Waals surface area contributed by atoms with Crippen LogP contribution in [0.2, 0.25) is 0 Å². The highest BCUT2D eigenvalue weighted by atomic mass is 15.3. The molecule has 0 aromatic carbocycles. The summed E-state index contributed by atoms with van der Waals surface area (Å²) in [6.07, 6.45) is 3.30. The van der Waals surface area contributed by atoms with Crippen LogP contribution in [0.5, 0.6) is 0 Å². The summed E-state index contributed by atoms with van der Waals surface area (Å²) >= 11 is 0. The zero-order valence-electron chi connectivity index (χ0n) is 11.7. The Balaban J connectivity index is 1.75. The van der Waals surface area contributed by atoms with Crippen molar-refractivity contribution >= 4 is 0 Å². The Morgan fingerprint density at radius 1 is 1.44 bits per heavy atom. The van der Waals surface area contributed by atoms with Crippen molar-refractivity contribution in [3.05, 3.63) is 17.5 Å². The summed E-state index contributed by atoms with van der Waals surface area (Å²) in [6, 6.07) is 0.754. The maximum Gasteiger partial charge on any atom is 0.0537 e. The molecular formula is C14H24N4. The molecule has 1 N–H and O–H groups in total. The van der Waals surface area contributed by atoms with Crippen LogP contribution in [0.15, 0.2) is 6.20 Å². The van der Waals surface area contributed by atoms with E-state index in [4.69, 9.17) is 0 Å². The Morgan fingerprint density at radius 2 is 2.28 bits per heavy atom. The number of hydrogen-bond donors (Lipinski definition) is 1. The SMILES string of the molecule is CCC1C2CNCC2CN1Cc1cnn(C)c1C. The van der Waals surface area contributed by atoms with E-state index in [1.165, 1.54) is 37.3 Å². The summed E-state index contributed by atoms with van der Waals surface area (Å²) in [5.74, 6) is 1.74. The van der Waals surface area contributed by atoms with Gasteiger partial charge in [0, 0.05) is 37.4 Å². The van der Waals surface area contributed by atoms with Gasteiger partial charge in [0.25, 0.3) is 0 Å². The van der Waals surface area contributed by atoms with Crippen LogP contribution in [0.4, 0.5) is 0 Å². The summed E-state index contributed by atoms with van der Waals surface area (Å²) < 4.78 is 1.98. The van der Waals surface area contributed by atoms with Crippen molar-refractivity contribution in [2.45, 2.75) is 32.9 Å². The van der Waals surface area contributed by atoms with Gasteiger partial charge in [0.05, 0.1) is 6.20 Å². The summed E-state index contributed by atoms with van der Waals surface area (Å²) in [6.45, 7) is 9.25. The molecule has 3 rings (SSSR count). The van der Waals surface area contributed by atoms with Gasteiger partial charge in [-0.15, -0.1) is 0 Å². The van der Waals surface area contributed by atoms with Gasteiger partial charge in [0.15, 0.2) is 0 Å². The predicted octanol–water partition coefficient (Wildman–Crippen LogP) is 1.16. The van der Waals surface area contributed by atoms with Crippen molar-refractivity contribution in [1.29, 1.82) is 0 Å². The number of aryl methyl sites for hydroxylation is 1. The van der Waals surface area contributed by atoms with Gasteiger partial charge in [-0.05, 0) is 38.3 Å². The quantitative estimate of drug-likeness (QED) is 0.871. The molecule has 18 heavy (non-hydrogen) atoms. The number of nitrogens with zero attached hydrogens (tertiary/aromatic N) is 3. The van der Waals surface area contributed by atoms with E-state index in [2.05, 4.69) is 29.2 Å². The first-order valence-corrected chi connectivity index (χ1v) is 7.13. The van der Waals surface area contributed by atoms with Crippen molar-refractivity contribution < 1.29 is 0 Å². The second kappa shape index (κ2) is 4.67. The molecule has 2 aliphatic rings. The maximum atomic E-state index is 4.36. The Hall–Kier alpha value is -0.870. The molecule has 0 bridgehead atoms. The first-order chi connectivity index (χ1) is 8.70. The molecule has 2 aliphatic heterocycles. The van der Waals surface area contributed by atoms with Crippen LogP contribution in [0.3, 0.4) is 0 Å². The highest BCUT2D eigenvalue weighted by molar-refractivity contribution is 5.16. The minimum atomic E-state index is 0.754. The van der Waals surface area contributed by atoms with Crippen LogP contribution in [0, 0.1) is 18.8 Å². The standard InChI is InChI=1S/C14H24N4/c1-4-14-13-7-15-5-12(13)9-18(14)8-11-6-16-17(3)10(11)2/h6,12-15H,4-5,7-9H2,1-3H3. The molecule has 2 fully saturated rings. The Labute approximate surface area is 109 Å². The third-order valence-corrected chi connectivity index (χ3v) is 4.95. The van der Waals surface area contributed by atoms with Crippen LogP contribution in [-0.2, 0) is 13.6 Å². The van der Waals surface area contributed by atoms with E-state index in [9.17, 15) is 0 Å². The van der Waals surface area contributed by atoms with E-state index in [0.717, 1.165) is 24.4 Å².